The predicted molar refractivity (Wildman–Crippen MR) is 241 cm³/mol. The first kappa shape index (κ1) is 34.0. The maximum atomic E-state index is 3.95. The van der Waals surface area contributed by atoms with Gasteiger partial charge in [-0.2, -0.15) is 0 Å². The van der Waals surface area contributed by atoms with E-state index in [1.807, 2.05) is 11.3 Å². The first-order valence-corrected chi connectivity index (χ1v) is 20.6. The molecule has 55 heavy (non-hydrogen) atoms. The maximum absolute atomic E-state index is 3.95. The lowest BCUT2D eigenvalue weighted by molar-refractivity contribution is 0.590. The highest BCUT2D eigenvalue weighted by Crippen LogP contribution is 2.45. The first-order valence-electron chi connectivity index (χ1n) is 19.8. The molecule has 0 saturated heterocycles. The monoisotopic (exact) mass is 727 g/mol. The smallest absolute Gasteiger partial charge is 0.197 e. The van der Waals surface area contributed by atoms with E-state index in [1.54, 1.807) is 0 Å². The molecule has 3 heterocycles. The van der Waals surface area contributed by atoms with Crippen molar-refractivity contribution < 1.29 is 0 Å². The molecule has 0 saturated carbocycles. The second kappa shape index (κ2) is 13.3. The summed E-state index contributed by atoms with van der Waals surface area (Å²) in [5.41, 5.74) is 16.2. The number of para-hydroxylation sites is 1. The van der Waals surface area contributed by atoms with Crippen molar-refractivity contribution in [3.63, 3.8) is 0 Å². The molecule has 0 aliphatic carbocycles. The van der Waals surface area contributed by atoms with Crippen molar-refractivity contribution in [2.75, 3.05) is 5.32 Å². The largest absolute Gasteiger partial charge is 0.355 e. The molecule has 0 fully saturated rings. The summed E-state index contributed by atoms with van der Waals surface area (Å²) in [6, 6.07) is 52.4. The van der Waals surface area contributed by atoms with Crippen LogP contribution in [-0.2, 0) is 11.8 Å². The molecule has 7 aromatic carbocycles. The number of aromatic nitrogens is 1. The Hall–Kier alpha value is -5.58. The van der Waals surface area contributed by atoms with Crippen LogP contribution in [0, 0.1) is 0 Å². The van der Waals surface area contributed by atoms with Gasteiger partial charge in [0.25, 0.3) is 0 Å². The van der Waals surface area contributed by atoms with E-state index in [0.717, 1.165) is 17.8 Å². The van der Waals surface area contributed by atoms with Crippen molar-refractivity contribution in [2.45, 2.75) is 58.8 Å². The van der Waals surface area contributed by atoms with E-state index in [2.05, 4.69) is 184 Å². The Labute approximate surface area is 328 Å². The Morgan fingerprint density at radius 3 is 2.22 bits per heavy atom. The van der Waals surface area contributed by atoms with Crippen LogP contribution in [0.2, 0.25) is 0 Å². The molecule has 0 unspecified atom stereocenters. The highest BCUT2D eigenvalue weighted by atomic mass is 32.1. The molecule has 10 rings (SSSR count). The van der Waals surface area contributed by atoms with Crippen molar-refractivity contribution >= 4 is 82.9 Å². The number of aryl methyl sites for hydroxylation is 1. The van der Waals surface area contributed by atoms with Crippen molar-refractivity contribution in [1.82, 2.24) is 4.57 Å². The fourth-order valence-corrected chi connectivity index (χ4v) is 9.86. The number of anilines is 2. The molecule has 9 aromatic rings. The molecule has 1 radical (unpaired) electrons. The van der Waals surface area contributed by atoms with Gasteiger partial charge >= 0.3 is 0 Å². The summed E-state index contributed by atoms with van der Waals surface area (Å²) in [7, 11) is 2.47. The summed E-state index contributed by atoms with van der Waals surface area (Å²) in [6.07, 6.45) is 4.87. The van der Waals surface area contributed by atoms with E-state index >= 15 is 0 Å². The van der Waals surface area contributed by atoms with Crippen LogP contribution in [0.3, 0.4) is 0 Å². The number of nitrogens with one attached hydrogen (secondary N) is 1. The van der Waals surface area contributed by atoms with Gasteiger partial charge in [0, 0.05) is 59.1 Å². The topological polar surface area (TPSA) is 17.0 Å². The summed E-state index contributed by atoms with van der Waals surface area (Å²) in [6.45, 7) is 9.19. The van der Waals surface area contributed by atoms with Gasteiger partial charge in [-0.1, -0.05) is 137 Å². The minimum atomic E-state index is 0.0326. The molecule has 0 atom stereocenters. The van der Waals surface area contributed by atoms with Crippen LogP contribution >= 0.6 is 11.3 Å². The molecule has 4 heteroatoms. The van der Waals surface area contributed by atoms with Gasteiger partial charge in [-0.15, -0.1) is 11.3 Å². The number of hydrogen-bond donors (Lipinski definition) is 1. The van der Waals surface area contributed by atoms with Crippen LogP contribution in [-0.4, -0.2) is 11.8 Å². The van der Waals surface area contributed by atoms with Gasteiger partial charge in [0.2, 0.25) is 0 Å². The third-order valence-electron chi connectivity index (χ3n) is 11.6. The summed E-state index contributed by atoms with van der Waals surface area (Å²) < 4.78 is 5.15. The van der Waals surface area contributed by atoms with E-state index in [1.165, 1.54) is 111 Å². The van der Waals surface area contributed by atoms with Crippen LogP contribution < -0.4 is 16.2 Å². The third kappa shape index (κ3) is 5.78. The molecule has 0 bridgehead atoms. The number of benzene rings is 7. The van der Waals surface area contributed by atoms with Crippen LogP contribution in [0.15, 0.2) is 140 Å². The lowest BCUT2D eigenvalue weighted by Crippen LogP contribution is -2.38. The SMILES string of the molecule is CCCCCc1ccc(Nc2cc3sc4ccccc4c3cc2-c2cc(-c3ccccc3)c3c4ccccc4n4c3c2[B]c2cc(C(C)(C)C)ccc2-4)cc1. The zero-order valence-electron chi connectivity index (χ0n) is 32.0. The molecular weight excluding hydrogens is 683 g/mol. The average molecular weight is 728 g/mol. The number of fused-ring (bicyclic) bond motifs is 8. The lowest BCUT2D eigenvalue weighted by atomic mass is 9.58. The standard InChI is InChI=1S/C51H44BN2S/c1-5-6-8-15-32-22-25-35(26-23-32)53-43-31-47-40(36-18-12-14-21-46(36)55-47)30-39(43)41-29-38(33-16-9-7-10-17-33)48-37-19-11-13-20-44(37)54-45-27-24-34(51(2,3)4)28-42(45)52-49(41)50(48)54/h7,9-14,16-31,53H,5-6,8,15H2,1-4H3. The number of unbranched alkanes of at least 4 members (excludes halogenated alkanes) is 2. The Balaban J connectivity index is 1.28. The summed E-state index contributed by atoms with van der Waals surface area (Å²) in [5.74, 6) is 0. The number of rotatable bonds is 8. The Morgan fingerprint density at radius 1 is 0.655 bits per heavy atom. The normalized spacial score (nSPS) is 12.4. The number of hydrogen-bond acceptors (Lipinski definition) is 2. The Morgan fingerprint density at radius 2 is 1.42 bits per heavy atom. The highest BCUT2D eigenvalue weighted by Gasteiger charge is 2.30. The van der Waals surface area contributed by atoms with E-state index in [9.17, 15) is 0 Å². The minimum absolute atomic E-state index is 0.0326. The van der Waals surface area contributed by atoms with Gasteiger partial charge in [-0.05, 0) is 100 Å². The van der Waals surface area contributed by atoms with Gasteiger partial charge < -0.3 is 9.88 Å². The molecule has 0 spiro atoms. The van der Waals surface area contributed by atoms with Crippen molar-refractivity contribution in [1.29, 1.82) is 0 Å². The van der Waals surface area contributed by atoms with Crippen LogP contribution in [0.1, 0.15) is 58.1 Å². The van der Waals surface area contributed by atoms with Crippen molar-refractivity contribution in [3.05, 3.63) is 151 Å². The predicted octanol–water partition coefficient (Wildman–Crippen LogP) is 13.2. The lowest BCUT2D eigenvalue weighted by Gasteiger charge is -2.27. The fourth-order valence-electron chi connectivity index (χ4n) is 8.74. The quantitative estimate of drug-likeness (QED) is 0.122. The van der Waals surface area contributed by atoms with Gasteiger partial charge in [0.05, 0.1) is 5.52 Å². The number of nitrogens with zero attached hydrogens (tertiary/aromatic N) is 1. The van der Waals surface area contributed by atoms with E-state index in [4.69, 9.17) is 0 Å². The molecule has 2 aromatic heterocycles. The maximum Gasteiger partial charge on any atom is 0.197 e. The second-order valence-electron chi connectivity index (χ2n) is 16.3. The van der Waals surface area contributed by atoms with Gasteiger partial charge in [-0.25, -0.2) is 0 Å². The van der Waals surface area contributed by atoms with Crippen LogP contribution in [0.5, 0.6) is 0 Å². The van der Waals surface area contributed by atoms with Crippen LogP contribution in [0.4, 0.5) is 11.4 Å². The highest BCUT2D eigenvalue weighted by molar-refractivity contribution is 7.25. The average Bonchev–Trinajstić information content (AvgIpc) is 3.75. The molecule has 1 N–H and O–H groups in total. The zero-order chi connectivity index (χ0) is 37.3. The Bertz CT molecular complexity index is 2910. The van der Waals surface area contributed by atoms with Gasteiger partial charge in [0.15, 0.2) is 7.28 Å². The van der Waals surface area contributed by atoms with Crippen LogP contribution in [0.25, 0.3) is 69.9 Å². The molecule has 1 aliphatic rings. The third-order valence-corrected chi connectivity index (χ3v) is 12.7. The van der Waals surface area contributed by atoms with Crippen molar-refractivity contribution in [2.24, 2.45) is 0 Å². The molecule has 0 amide bonds. The first-order chi connectivity index (χ1) is 26.9. The van der Waals surface area contributed by atoms with E-state index < -0.39 is 0 Å². The molecular formula is C51H44BN2S. The fraction of sp³-hybridized carbons (Fsp3) is 0.176. The van der Waals surface area contributed by atoms with Gasteiger partial charge in [0.1, 0.15) is 0 Å². The summed E-state index contributed by atoms with van der Waals surface area (Å²) in [5, 5.41) is 9.14. The molecule has 2 nitrogen and oxygen atoms in total. The number of thiophene rings is 1. The van der Waals surface area contributed by atoms with E-state index in [-0.39, 0.29) is 5.41 Å². The molecule has 267 valence electrons. The van der Waals surface area contributed by atoms with E-state index in [0.29, 0.717) is 0 Å². The van der Waals surface area contributed by atoms with Gasteiger partial charge in [-0.3, -0.25) is 0 Å². The Kier molecular flexibility index (Phi) is 8.22. The zero-order valence-corrected chi connectivity index (χ0v) is 32.9. The second-order valence-corrected chi connectivity index (χ2v) is 17.4. The summed E-state index contributed by atoms with van der Waals surface area (Å²) >= 11 is 1.88. The minimum Gasteiger partial charge on any atom is -0.355 e. The van der Waals surface area contributed by atoms with Crippen molar-refractivity contribution in [3.8, 4) is 27.9 Å². The molecule has 1 aliphatic heterocycles. The summed E-state index contributed by atoms with van der Waals surface area (Å²) in [4.78, 5) is 0.